The summed E-state index contributed by atoms with van der Waals surface area (Å²) in [4.78, 5) is 45.1. The highest BCUT2D eigenvalue weighted by Crippen LogP contribution is 2.13. The van der Waals surface area contributed by atoms with Crippen molar-refractivity contribution in [3.63, 3.8) is 0 Å². The van der Waals surface area contributed by atoms with Gasteiger partial charge in [0.25, 0.3) is 0 Å². The van der Waals surface area contributed by atoms with Gasteiger partial charge in [-0.25, -0.2) is 0 Å². The first-order chi connectivity index (χ1) is 12.0. The van der Waals surface area contributed by atoms with Crippen LogP contribution in [0.4, 0.5) is 0 Å². The van der Waals surface area contributed by atoms with E-state index in [1.807, 2.05) is 0 Å². The number of aliphatic hydroxyl groups is 1. The fourth-order valence-electron chi connectivity index (χ4n) is 1.53. The Bertz CT molecular complexity index is 547. The lowest BCUT2D eigenvalue weighted by Gasteiger charge is -2.19. The minimum absolute atomic E-state index is 0.0241. The third kappa shape index (κ3) is 10.9. The second-order valence-electron chi connectivity index (χ2n) is 5.22. The maximum Gasteiger partial charge on any atom is 0.322 e. The van der Waals surface area contributed by atoms with Gasteiger partial charge in [-0.1, -0.05) is 18.2 Å². The molecule has 12 heteroatoms. The Labute approximate surface area is 159 Å². The summed E-state index contributed by atoms with van der Waals surface area (Å²) in [7, 11) is 0. The molecular formula is C14H22ClN3O7S. The van der Waals surface area contributed by atoms with Gasteiger partial charge in [-0.15, -0.1) is 0 Å². The van der Waals surface area contributed by atoms with E-state index in [0.717, 1.165) is 11.8 Å². The van der Waals surface area contributed by atoms with E-state index < -0.39 is 48.5 Å². The SMILES string of the molecule is C=C(Cl)C(O)CSCC(NC(=O)CCC(N)C(=O)O)C(=O)NCC(=O)O. The molecule has 3 atom stereocenters. The molecule has 0 saturated heterocycles. The van der Waals surface area contributed by atoms with Gasteiger partial charge in [-0.3, -0.25) is 19.2 Å². The Kier molecular flexibility index (Phi) is 11.6. The summed E-state index contributed by atoms with van der Waals surface area (Å²) in [5, 5.41) is 31.4. The largest absolute Gasteiger partial charge is 0.480 e. The number of rotatable bonds is 13. The predicted octanol–water partition coefficient (Wildman–Crippen LogP) is -1.29. The highest BCUT2D eigenvalue weighted by Gasteiger charge is 2.23. The Morgan fingerprint density at radius 3 is 2.31 bits per heavy atom. The molecule has 0 saturated carbocycles. The maximum atomic E-state index is 12.0. The normalized spacial score (nSPS) is 14.0. The number of halogens is 1. The second kappa shape index (κ2) is 12.5. The van der Waals surface area contributed by atoms with Crippen LogP contribution in [0, 0.1) is 0 Å². The van der Waals surface area contributed by atoms with Gasteiger partial charge in [-0.2, -0.15) is 11.8 Å². The molecule has 0 aliphatic rings. The van der Waals surface area contributed by atoms with Crippen molar-refractivity contribution in [1.29, 1.82) is 0 Å². The fourth-order valence-corrected chi connectivity index (χ4v) is 2.73. The molecule has 0 rings (SSSR count). The van der Waals surface area contributed by atoms with E-state index in [-0.39, 0.29) is 29.4 Å². The highest BCUT2D eigenvalue weighted by molar-refractivity contribution is 7.99. The molecule has 148 valence electrons. The molecule has 0 aliphatic heterocycles. The van der Waals surface area contributed by atoms with E-state index in [1.165, 1.54) is 0 Å². The molecule has 3 unspecified atom stereocenters. The molecule has 0 aliphatic carbocycles. The van der Waals surface area contributed by atoms with Crippen molar-refractivity contribution in [3.05, 3.63) is 11.6 Å². The van der Waals surface area contributed by atoms with Crippen molar-refractivity contribution in [2.24, 2.45) is 5.73 Å². The number of amides is 2. The number of carboxylic acids is 2. The Hall–Kier alpha value is -1.82. The monoisotopic (exact) mass is 411 g/mol. The molecule has 0 aromatic heterocycles. The number of carbonyl (C=O) groups excluding carboxylic acids is 2. The summed E-state index contributed by atoms with van der Waals surface area (Å²) < 4.78 is 0. The number of nitrogens with two attached hydrogens (primary N) is 1. The van der Waals surface area contributed by atoms with Gasteiger partial charge in [0.05, 0.1) is 6.10 Å². The van der Waals surface area contributed by atoms with Crippen LogP contribution in [-0.2, 0) is 19.2 Å². The zero-order valence-electron chi connectivity index (χ0n) is 13.8. The molecule has 0 bridgehead atoms. The standard InChI is InChI=1S/C14H22ClN3O7S/c1-7(15)10(19)6-26-5-9(13(23)17-4-12(21)22)18-11(20)3-2-8(16)14(24)25/h8-10,19H,1-6,16H2,(H,17,23)(H,18,20)(H,21,22)(H,24,25). The van der Waals surface area contributed by atoms with Gasteiger partial charge in [0.1, 0.15) is 18.6 Å². The Morgan fingerprint density at radius 2 is 1.81 bits per heavy atom. The zero-order chi connectivity index (χ0) is 20.3. The topological polar surface area (TPSA) is 179 Å². The van der Waals surface area contributed by atoms with E-state index in [2.05, 4.69) is 17.2 Å². The molecule has 0 fully saturated rings. The third-order valence-electron chi connectivity index (χ3n) is 2.99. The summed E-state index contributed by atoms with van der Waals surface area (Å²) in [5.74, 6) is -3.69. The van der Waals surface area contributed by atoms with Crippen LogP contribution in [-0.4, -0.2) is 75.3 Å². The predicted molar refractivity (Wildman–Crippen MR) is 95.7 cm³/mol. The van der Waals surface area contributed by atoms with Gasteiger partial charge < -0.3 is 31.7 Å². The van der Waals surface area contributed by atoms with E-state index in [0.29, 0.717) is 0 Å². The average molecular weight is 412 g/mol. The minimum Gasteiger partial charge on any atom is -0.480 e. The molecule has 0 heterocycles. The summed E-state index contributed by atoms with van der Waals surface area (Å²) >= 11 is 6.63. The van der Waals surface area contributed by atoms with Crippen molar-refractivity contribution in [2.45, 2.75) is 31.0 Å². The smallest absolute Gasteiger partial charge is 0.322 e. The van der Waals surface area contributed by atoms with E-state index in [1.54, 1.807) is 0 Å². The fraction of sp³-hybridized carbons (Fsp3) is 0.571. The van der Waals surface area contributed by atoms with Crippen molar-refractivity contribution in [1.82, 2.24) is 10.6 Å². The molecule has 0 aromatic rings. The van der Waals surface area contributed by atoms with Gasteiger partial charge in [-0.05, 0) is 6.42 Å². The minimum atomic E-state index is -1.25. The van der Waals surface area contributed by atoms with E-state index in [9.17, 15) is 24.3 Å². The van der Waals surface area contributed by atoms with Gasteiger partial charge in [0.15, 0.2) is 0 Å². The molecule has 0 aromatic carbocycles. The average Bonchev–Trinajstić information content (AvgIpc) is 2.55. The van der Waals surface area contributed by atoms with Crippen LogP contribution in [0.25, 0.3) is 0 Å². The van der Waals surface area contributed by atoms with E-state index >= 15 is 0 Å². The van der Waals surface area contributed by atoms with Crippen LogP contribution in [0.15, 0.2) is 11.6 Å². The summed E-state index contributed by atoms with van der Waals surface area (Å²) in [5.41, 5.74) is 5.30. The Morgan fingerprint density at radius 1 is 1.19 bits per heavy atom. The van der Waals surface area contributed by atoms with Crippen molar-refractivity contribution in [2.75, 3.05) is 18.1 Å². The van der Waals surface area contributed by atoms with Crippen LogP contribution in [0.2, 0.25) is 0 Å². The van der Waals surface area contributed by atoms with Crippen molar-refractivity contribution >= 4 is 47.1 Å². The maximum absolute atomic E-state index is 12.0. The van der Waals surface area contributed by atoms with Crippen molar-refractivity contribution in [3.8, 4) is 0 Å². The summed E-state index contributed by atoms with van der Waals surface area (Å²) in [6.07, 6.45) is -1.35. The number of aliphatic hydroxyl groups excluding tert-OH is 1. The number of nitrogens with one attached hydrogen (secondary N) is 2. The molecule has 2 amide bonds. The first-order valence-electron chi connectivity index (χ1n) is 7.42. The molecule has 10 nitrogen and oxygen atoms in total. The number of carbonyl (C=O) groups is 4. The highest BCUT2D eigenvalue weighted by atomic mass is 35.5. The van der Waals surface area contributed by atoms with Crippen LogP contribution in [0.1, 0.15) is 12.8 Å². The number of aliphatic carboxylic acids is 2. The summed E-state index contributed by atoms with van der Waals surface area (Å²) in [6.45, 7) is 2.74. The lowest BCUT2D eigenvalue weighted by molar-refractivity contribution is -0.139. The number of carboxylic acid groups (broad SMARTS) is 2. The lowest BCUT2D eigenvalue weighted by atomic mass is 10.1. The molecule has 0 spiro atoms. The number of thioether (sulfide) groups is 1. The van der Waals surface area contributed by atoms with Gasteiger partial charge >= 0.3 is 11.9 Å². The third-order valence-corrected chi connectivity index (χ3v) is 4.36. The van der Waals surface area contributed by atoms with E-state index in [4.69, 9.17) is 27.5 Å². The van der Waals surface area contributed by atoms with Gasteiger partial charge in [0, 0.05) is 23.0 Å². The molecule has 26 heavy (non-hydrogen) atoms. The molecule has 7 N–H and O–H groups in total. The van der Waals surface area contributed by atoms with Crippen LogP contribution in [0.5, 0.6) is 0 Å². The number of hydrogen-bond acceptors (Lipinski definition) is 7. The molecule has 0 radical (unpaired) electrons. The zero-order valence-corrected chi connectivity index (χ0v) is 15.4. The lowest BCUT2D eigenvalue weighted by Crippen LogP contribution is -2.49. The van der Waals surface area contributed by atoms with Crippen molar-refractivity contribution < 1.29 is 34.5 Å². The first-order valence-corrected chi connectivity index (χ1v) is 8.95. The van der Waals surface area contributed by atoms with Crippen LogP contribution in [0.3, 0.4) is 0 Å². The summed E-state index contributed by atoms with van der Waals surface area (Å²) in [6, 6.07) is -2.29. The number of hydrogen-bond donors (Lipinski definition) is 6. The second-order valence-corrected chi connectivity index (χ2v) is 6.78. The Balaban J connectivity index is 4.67. The van der Waals surface area contributed by atoms with Gasteiger partial charge in [0.2, 0.25) is 11.8 Å². The van der Waals surface area contributed by atoms with Crippen LogP contribution >= 0.6 is 23.4 Å². The molecular weight excluding hydrogens is 390 g/mol. The first kappa shape index (κ1) is 24.2. The quantitative estimate of drug-likeness (QED) is 0.215. The van der Waals surface area contributed by atoms with Crippen LogP contribution < -0.4 is 16.4 Å².